The molecule has 1 heterocycles. The Bertz CT molecular complexity index is 624. The van der Waals surface area contributed by atoms with Crippen molar-refractivity contribution in [1.29, 1.82) is 0 Å². The Morgan fingerprint density at radius 1 is 1.17 bits per heavy atom. The molecule has 2 aromatic rings. The molecule has 0 amide bonds. The molecule has 0 saturated heterocycles. The van der Waals surface area contributed by atoms with Gasteiger partial charge in [-0.3, -0.25) is 4.57 Å². The van der Waals surface area contributed by atoms with Gasteiger partial charge in [-0.25, -0.2) is 4.68 Å². The van der Waals surface area contributed by atoms with Gasteiger partial charge in [0.1, 0.15) is 0 Å². The van der Waals surface area contributed by atoms with Crippen LogP contribution in [0.4, 0.5) is 0 Å². The number of aromatic nitrogens is 3. The minimum absolute atomic E-state index is 0.238. The first kappa shape index (κ1) is 14.2. The van der Waals surface area contributed by atoms with E-state index >= 15 is 0 Å². The Hall–Kier alpha value is -0.260. The number of aryl methyl sites for hydroxylation is 1. The van der Waals surface area contributed by atoms with Gasteiger partial charge in [-0.2, -0.15) is 5.10 Å². The molecule has 0 spiro atoms. The maximum Gasteiger partial charge on any atom is 0.250 e. The first-order chi connectivity index (χ1) is 8.30. The van der Waals surface area contributed by atoms with E-state index in [2.05, 4.69) is 5.10 Å². The second kappa shape index (κ2) is 5.02. The molecule has 18 heavy (non-hydrogen) atoms. The van der Waals surface area contributed by atoms with Gasteiger partial charge in [-0.15, -0.1) is 0 Å². The summed E-state index contributed by atoms with van der Waals surface area (Å²) in [6.07, 6.45) is 0. The molecule has 1 aromatic heterocycles. The average Bonchev–Trinajstić information content (AvgIpc) is 2.57. The molecule has 0 atom stereocenters. The van der Waals surface area contributed by atoms with Gasteiger partial charge in [0.2, 0.25) is 4.77 Å². The van der Waals surface area contributed by atoms with E-state index < -0.39 is 3.79 Å². The number of benzene rings is 1. The fourth-order valence-electron chi connectivity index (χ4n) is 1.47. The molecular formula is C10H7Cl4N3S. The zero-order chi connectivity index (χ0) is 13.5. The maximum absolute atomic E-state index is 5.89. The number of rotatable bonds is 1. The van der Waals surface area contributed by atoms with Crippen LogP contribution in [0.2, 0.25) is 5.02 Å². The Morgan fingerprint density at radius 2 is 1.72 bits per heavy atom. The van der Waals surface area contributed by atoms with Gasteiger partial charge >= 0.3 is 0 Å². The van der Waals surface area contributed by atoms with E-state index in [9.17, 15) is 0 Å². The lowest BCUT2D eigenvalue weighted by atomic mass is 10.3. The van der Waals surface area contributed by atoms with Crippen LogP contribution in [-0.2, 0) is 10.8 Å². The molecule has 0 aliphatic carbocycles. The topological polar surface area (TPSA) is 22.8 Å². The lowest BCUT2D eigenvalue weighted by molar-refractivity contribution is 0.738. The Kier molecular flexibility index (Phi) is 3.95. The summed E-state index contributed by atoms with van der Waals surface area (Å²) in [7, 11) is 1.69. The Labute approximate surface area is 129 Å². The van der Waals surface area contributed by atoms with Crippen molar-refractivity contribution in [1.82, 2.24) is 14.3 Å². The largest absolute Gasteiger partial charge is 0.268 e. The molecule has 0 unspecified atom stereocenters. The molecule has 0 aliphatic rings. The van der Waals surface area contributed by atoms with Crippen molar-refractivity contribution < 1.29 is 0 Å². The van der Waals surface area contributed by atoms with E-state index in [-0.39, 0.29) is 5.82 Å². The molecule has 0 radical (unpaired) electrons. The molecule has 3 nitrogen and oxygen atoms in total. The third-order valence-corrected chi connectivity index (χ3v) is 3.47. The first-order valence-electron chi connectivity index (χ1n) is 4.80. The quantitative estimate of drug-likeness (QED) is 0.565. The average molecular weight is 343 g/mol. The monoisotopic (exact) mass is 341 g/mol. The molecule has 0 saturated carbocycles. The summed E-state index contributed by atoms with van der Waals surface area (Å²) < 4.78 is 1.84. The highest BCUT2D eigenvalue weighted by molar-refractivity contribution is 7.71. The van der Waals surface area contributed by atoms with Gasteiger partial charge in [-0.05, 0) is 36.5 Å². The van der Waals surface area contributed by atoms with Gasteiger partial charge in [0.05, 0.1) is 0 Å². The van der Waals surface area contributed by atoms with Crippen LogP contribution < -0.4 is 0 Å². The molecule has 96 valence electrons. The maximum atomic E-state index is 5.89. The fraction of sp³-hybridized carbons (Fsp3) is 0.200. The number of hydrogen-bond acceptors (Lipinski definition) is 2. The van der Waals surface area contributed by atoms with E-state index in [4.69, 9.17) is 58.6 Å². The van der Waals surface area contributed by atoms with Crippen molar-refractivity contribution in [2.75, 3.05) is 0 Å². The summed E-state index contributed by atoms with van der Waals surface area (Å²) in [6, 6.07) is 7.01. The second-order valence-corrected chi connectivity index (χ2v) is 6.62. The summed E-state index contributed by atoms with van der Waals surface area (Å²) in [5, 5.41) is 4.74. The van der Waals surface area contributed by atoms with Crippen molar-refractivity contribution in [2.24, 2.45) is 7.05 Å². The number of halogens is 4. The molecule has 0 fully saturated rings. The van der Waals surface area contributed by atoms with E-state index in [0.29, 0.717) is 9.79 Å². The van der Waals surface area contributed by atoms with Crippen LogP contribution in [0, 0.1) is 4.77 Å². The third-order valence-electron chi connectivity index (χ3n) is 2.26. The smallest absolute Gasteiger partial charge is 0.250 e. The van der Waals surface area contributed by atoms with Gasteiger partial charge in [-0.1, -0.05) is 46.4 Å². The SMILES string of the molecule is Cn1nc(C(Cl)(Cl)Cl)n(-c2ccc(Cl)cc2)c1=S. The summed E-state index contributed by atoms with van der Waals surface area (Å²) >= 11 is 28.8. The van der Waals surface area contributed by atoms with Gasteiger partial charge in [0, 0.05) is 17.8 Å². The van der Waals surface area contributed by atoms with Gasteiger partial charge in [0.15, 0.2) is 5.82 Å². The predicted molar refractivity (Wildman–Crippen MR) is 77.6 cm³/mol. The normalized spacial score (nSPS) is 11.8. The number of hydrogen-bond donors (Lipinski definition) is 0. The molecule has 0 bridgehead atoms. The summed E-state index contributed by atoms with van der Waals surface area (Å²) in [4.78, 5) is 0. The third kappa shape index (κ3) is 2.68. The van der Waals surface area contributed by atoms with E-state index in [0.717, 1.165) is 5.69 Å². The lowest BCUT2D eigenvalue weighted by Gasteiger charge is -2.12. The van der Waals surface area contributed by atoms with Gasteiger partial charge < -0.3 is 0 Å². The highest BCUT2D eigenvalue weighted by atomic mass is 35.6. The number of nitrogens with zero attached hydrogens (tertiary/aromatic N) is 3. The zero-order valence-corrected chi connectivity index (χ0v) is 12.9. The highest BCUT2D eigenvalue weighted by Gasteiger charge is 2.31. The summed E-state index contributed by atoms with van der Waals surface area (Å²) in [5.41, 5.74) is 0.735. The molecule has 0 aliphatic heterocycles. The predicted octanol–water partition coefficient (Wildman–Crippen LogP) is 4.42. The van der Waals surface area contributed by atoms with E-state index in [1.54, 1.807) is 35.9 Å². The van der Waals surface area contributed by atoms with Crippen LogP contribution in [0.15, 0.2) is 24.3 Å². The zero-order valence-electron chi connectivity index (χ0n) is 9.07. The molecule has 2 rings (SSSR count). The minimum Gasteiger partial charge on any atom is -0.268 e. The van der Waals surface area contributed by atoms with Crippen molar-refractivity contribution in [3.8, 4) is 5.69 Å². The van der Waals surface area contributed by atoms with Crippen LogP contribution in [0.25, 0.3) is 5.69 Å². The fourth-order valence-corrected chi connectivity index (χ4v) is 2.20. The molecular weight excluding hydrogens is 336 g/mol. The van der Waals surface area contributed by atoms with Crippen LogP contribution in [0.5, 0.6) is 0 Å². The summed E-state index contributed by atoms with van der Waals surface area (Å²) in [6.45, 7) is 0. The Morgan fingerprint density at radius 3 is 2.22 bits per heavy atom. The van der Waals surface area contributed by atoms with Crippen molar-refractivity contribution in [3.05, 3.63) is 39.9 Å². The van der Waals surface area contributed by atoms with Crippen LogP contribution in [0.1, 0.15) is 5.82 Å². The van der Waals surface area contributed by atoms with E-state index in [1.807, 2.05) is 0 Å². The highest BCUT2D eigenvalue weighted by Crippen LogP contribution is 2.38. The van der Waals surface area contributed by atoms with Crippen LogP contribution in [0.3, 0.4) is 0 Å². The molecule has 0 N–H and O–H groups in total. The number of alkyl halides is 3. The van der Waals surface area contributed by atoms with Crippen LogP contribution >= 0.6 is 58.6 Å². The van der Waals surface area contributed by atoms with Crippen molar-refractivity contribution >= 4 is 58.6 Å². The second-order valence-electron chi connectivity index (χ2n) is 3.54. The molecule has 8 heteroatoms. The summed E-state index contributed by atoms with van der Waals surface area (Å²) in [5.74, 6) is 0.238. The standard InChI is InChI=1S/C10H7Cl4N3S/c1-16-9(18)17(8(15-16)10(12,13)14)7-4-2-6(11)3-5-7/h2-5H,1H3. The van der Waals surface area contributed by atoms with Gasteiger partial charge in [0.25, 0.3) is 3.79 Å². The lowest BCUT2D eigenvalue weighted by Crippen LogP contribution is -2.10. The van der Waals surface area contributed by atoms with Crippen molar-refractivity contribution in [3.63, 3.8) is 0 Å². The first-order valence-corrected chi connectivity index (χ1v) is 6.72. The minimum atomic E-state index is -1.66. The van der Waals surface area contributed by atoms with Crippen LogP contribution in [-0.4, -0.2) is 14.3 Å². The molecule has 1 aromatic carbocycles. The van der Waals surface area contributed by atoms with Crippen molar-refractivity contribution in [2.45, 2.75) is 3.79 Å². The van der Waals surface area contributed by atoms with E-state index in [1.165, 1.54) is 4.68 Å². The Balaban J connectivity index is 2.70.